The van der Waals surface area contributed by atoms with Gasteiger partial charge in [-0.2, -0.15) is 4.98 Å². The summed E-state index contributed by atoms with van der Waals surface area (Å²) in [6.07, 6.45) is 1.65. The Hall–Kier alpha value is -2.63. The number of carbonyl (C=O) groups excluding carboxylic acids is 1. The third-order valence-electron chi connectivity index (χ3n) is 2.94. The van der Waals surface area contributed by atoms with Gasteiger partial charge in [-0.25, -0.2) is 0 Å². The molecule has 0 saturated heterocycles. The van der Waals surface area contributed by atoms with E-state index in [1.54, 1.807) is 18.1 Å². The first-order valence-electron chi connectivity index (χ1n) is 6.47. The molecule has 0 aliphatic carbocycles. The molecule has 2 rings (SSSR count). The first-order chi connectivity index (χ1) is 10.1. The molecule has 0 aliphatic rings. The van der Waals surface area contributed by atoms with Gasteiger partial charge in [0.15, 0.2) is 0 Å². The lowest BCUT2D eigenvalue weighted by Gasteiger charge is -2.16. The van der Waals surface area contributed by atoms with E-state index in [2.05, 4.69) is 16.7 Å². The topological polar surface area (TPSA) is 68.5 Å². The van der Waals surface area contributed by atoms with Gasteiger partial charge in [0.1, 0.15) is 12.3 Å². The van der Waals surface area contributed by atoms with Gasteiger partial charge in [-0.05, 0) is 24.3 Å². The number of methoxy groups -OCH3 is 1. The van der Waals surface area contributed by atoms with Gasteiger partial charge < -0.3 is 14.2 Å². The number of rotatable bonds is 6. The molecular weight excluding hydrogens is 270 g/mol. The molecule has 0 aliphatic heterocycles. The minimum absolute atomic E-state index is 0.0703. The summed E-state index contributed by atoms with van der Waals surface area (Å²) >= 11 is 0. The summed E-state index contributed by atoms with van der Waals surface area (Å²) in [6, 6.07) is 7.34. The lowest BCUT2D eigenvalue weighted by atomic mass is 10.2. The second kappa shape index (κ2) is 6.69. The molecule has 1 aromatic heterocycles. The molecule has 1 aromatic carbocycles. The van der Waals surface area contributed by atoms with Crippen molar-refractivity contribution in [3.8, 4) is 17.1 Å². The van der Waals surface area contributed by atoms with Crippen molar-refractivity contribution in [3.63, 3.8) is 0 Å². The number of aromatic nitrogens is 2. The molecule has 110 valence electrons. The van der Waals surface area contributed by atoms with Gasteiger partial charge in [0.2, 0.25) is 17.6 Å². The normalized spacial score (nSPS) is 10.2. The van der Waals surface area contributed by atoms with Gasteiger partial charge in [-0.15, -0.1) is 6.58 Å². The molecule has 0 bridgehead atoms. The molecule has 2 aromatic rings. The lowest BCUT2D eigenvalue weighted by molar-refractivity contribution is -0.129. The van der Waals surface area contributed by atoms with Crippen molar-refractivity contribution in [2.75, 3.05) is 13.7 Å². The quantitative estimate of drug-likeness (QED) is 0.762. The van der Waals surface area contributed by atoms with Gasteiger partial charge in [0.25, 0.3) is 0 Å². The van der Waals surface area contributed by atoms with Crippen molar-refractivity contribution in [2.45, 2.75) is 13.5 Å². The van der Waals surface area contributed by atoms with Crippen LogP contribution in [-0.4, -0.2) is 34.6 Å². The van der Waals surface area contributed by atoms with Crippen molar-refractivity contribution in [1.29, 1.82) is 0 Å². The maximum atomic E-state index is 11.5. The SMILES string of the molecule is C=CCN(Cc1nc(-c2ccc(OC)cc2)no1)C(C)=O. The Labute approximate surface area is 123 Å². The number of amides is 1. The van der Waals surface area contributed by atoms with E-state index in [-0.39, 0.29) is 12.5 Å². The average Bonchev–Trinajstić information content (AvgIpc) is 2.95. The summed E-state index contributed by atoms with van der Waals surface area (Å²) in [5.74, 6) is 1.56. The largest absolute Gasteiger partial charge is 0.497 e. The van der Waals surface area contributed by atoms with Gasteiger partial charge in [0, 0.05) is 19.0 Å². The highest BCUT2D eigenvalue weighted by atomic mass is 16.5. The molecule has 0 N–H and O–H groups in total. The summed E-state index contributed by atoms with van der Waals surface area (Å²) in [5.41, 5.74) is 0.823. The fourth-order valence-electron chi connectivity index (χ4n) is 1.80. The van der Waals surface area contributed by atoms with Crippen LogP contribution in [0.2, 0.25) is 0 Å². The van der Waals surface area contributed by atoms with E-state index in [1.165, 1.54) is 6.92 Å². The fraction of sp³-hybridized carbons (Fsp3) is 0.267. The smallest absolute Gasteiger partial charge is 0.246 e. The van der Waals surface area contributed by atoms with Crippen LogP contribution in [0.25, 0.3) is 11.4 Å². The standard InChI is InChI=1S/C15H17N3O3/c1-4-9-18(11(2)19)10-14-16-15(17-21-14)12-5-7-13(20-3)8-6-12/h4-8H,1,9-10H2,2-3H3. The molecule has 0 atom stereocenters. The fourth-order valence-corrected chi connectivity index (χ4v) is 1.80. The second-order valence-electron chi connectivity index (χ2n) is 4.43. The summed E-state index contributed by atoms with van der Waals surface area (Å²) in [5, 5.41) is 3.92. The Kier molecular flexibility index (Phi) is 4.71. The predicted molar refractivity (Wildman–Crippen MR) is 77.6 cm³/mol. The van der Waals surface area contributed by atoms with E-state index >= 15 is 0 Å². The van der Waals surface area contributed by atoms with Crippen LogP contribution in [-0.2, 0) is 11.3 Å². The van der Waals surface area contributed by atoms with E-state index in [9.17, 15) is 4.79 Å². The Balaban J connectivity index is 2.13. The van der Waals surface area contributed by atoms with Crippen LogP contribution in [0.5, 0.6) is 5.75 Å². The van der Waals surface area contributed by atoms with Crippen LogP contribution in [0.3, 0.4) is 0 Å². The van der Waals surface area contributed by atoms with Gasteiger partial charge in [-0.1, -0.05) is 11.2 Å². The van der Waals surface area contributed by atoms with Crippen LogP contribution < -0.4 is 4.74 Å². The third-order valence-corrected chi connectivity index (χ3v) is 2.94. The van der Waals surface area contributed by atoms with Crippen LogP contribution >= 0.6 is 0 Å². The minimum atomic E-state index is -0.0703. The molecule has 0 unspecified atom stereocenters. The number of hydrogen-bond donors (Lipinski definition) is 0. The first kappa shape index (κ1) is 14.8. The first-order valence-corrected chi connectivity index (χ1v) is 6.47. The van der Waals surface area contributed by atoms with Crippen LogP contribution in [0, 0.1) is 0 Å². The molecule has 1 amide bonds. The van der Waals surface area contributed by atoms with E-state index < -0.39 is 0 Å². The van der Waals surface area contributed by atoms with Crippen molar-refractivity contribution < 1.29 is 14.1 Å². The Morgan fingerprint density at radius 3 is 2.71 bits per heavy atom. The Morgan fingerprint density at radius 1 is 1.43 bits per heavy atom. The van der Waals surface area contributed by atoms with Gasteiger partial charge in [-0.3, -0.25) is 4.79 Å². The number of nitrogens with zero attached hydrogens (tertiary/aromatic N) is 3. The highest BCUT2D eigenvalue weighted by Gasteiger charge is 2.14. The van der Waals surface area contributed by atoms with Crippen molar-refractivity contribution >= 4 is 5.91 Å². The zero-order valence-corrected chi connectivity index (χ0v) is 12.1. The molecule has 0 saturated carbocycles. The minimum Gasteiger partial charge on any atom is -0.497 e. The molecule has 0 fully saturated rings. The molecule has 6 heteroatoms. The number of benzene rings is 1. The molecule has 0 radical (unpaired) electrons. The summed E-state index contributed by atoms with van der Waals surface area (Å²) in [6.45, 7) is 5.82. The van der Waals surface area contributed by atoms with E-state index in [0.717, 1.165) is 11.3 Å². The number of hydrogen-bond acceptors (Lipinski definition) is 5. The number of ether oxygens (including phenoxy) is 1. The third kappa shape index (κ3) is 3.68. The molecule has 21 heavy (non-hydrogen) atoms. The van der Waals surface area contributed by atoms with E-state index in [1.807, 2.05) is 24.3 Å². The number of carbonyl (C=O) groups is 1. The molecule has 6 nitrogen and oxygen atoms in total. The summed E-state index contributed by atoms with van der Waals surface area (Å²) in [4.78, 5) is 17.3. The highest BCUT2D eigenvalue weighted by molar-refractivity contribution is 5.73. The van der Waals surface area contributed by atoms with E-state index in [0.29, 0.717) is 18.3 Å². The maximum absolute atomic E-state index is 11.5. The van der Waals surface area contributed by atoms with Gasteiger partial charge in [0.05, 0.1) is 7.11 Å². The van der Waals surface area contributed by atoms with Crippen molar-refractivity contribution in [1.82, 2.24) is 15.0 Å². The average molecular weight is 287 g/mol. The van der Waals surface area contributed by atoms with Crippen LogP contribution in [0.1, 0.15) is 12.8 Å². The molecule has 1 heterocycles. The summed E-state index contributed by atoms with van der Waals surface area (Å²) < 4.78 is 10.3. The predicted octanol–water partition coefficient (Wildman–Crippen LogP) is 2.28. The van der Waals surface area contributed by atoms with E-state index in [4.69, 9.17) is 9.26 Å². The highest BCUT2D eigenvalue weighted by Crippen LogP contribution is 2.20. The van der Waals surface area contributed by atoms with Crippen LogP contribution in [0.4, 0.5) is 0 Å². The molecular formula is C15H17N3O3. The molecule has 0 spiro atoms. The zero-order chi connectivity index (χ0) is 15.2. The Morgan fingerprint density at radius 2 is 2.14 bits per heavy atom. The Bertz CT molecular complexity index is 619. The zero-order valence-electron chi connectivity index (χ0n) is 12.1. The monoisotopic (exact) mass is 287 g/mol. The maximum Gasteiger partial charge on any atom is 0.246 e. The van der Waals surface area contributed by atoms with Crippen molar-refractivity contribution in [2.24, 2.45) is 0 Å². The van der Waals surface area contributed by atoms with Crippen molar-refractivity contribution in [3.05, 3.63) is 42.8 Å². The summed E-state index contributed by atoms with van der Waals surface area (Å²) in [7, 11) is 1.61. The lowest BCUT2D eigenvalue weighted by Crippen LogP contribution is -2.28. The second-order valence-corrected chi connectivity index (χ2v) is 4.43. The van der Waals surface area contributed by atoms with Gasteiger partial charge >= 0.3 is 0 Å². The van der Waals surface area contributed by atoms with Crippen LogP contribution in [0.15, 0.2) is 41.4 Å².